The Morgan fingerprint density at radius 3 is 1.09 bits per heavy atom. The number of amides is 1. The van der Waals surface area contributed by atoms with E-state index in [1.165, 1.54) is 244 Å². The van der Waals surface area contributed by atoms with Gasteiger partial charge in [0, 0.05) is 12.8 Å². The fourth-order valence-electron chi connectivity index (χ4n) is 8.98. The largest absolute Gasteiger partial charge is 0.466 e. The third-order valence-electron chi connectivity index (χ3n) is 13.5. The lowest BCUT2D eigenvalue weighted by molar-refractivity contribution is -0.143. The van der Waals surface area contributed by atoms with Crippen LogP contribution in [0.25, 0.3) is 0 Å². The van der Waals surface area contributed by atoms with E-state index in [1.54, 1.807) is 6.08 Å². The molecule has 0 aromatic carbocycles. The molecule has 0 radical (unpaired) electrons. The molecule has 0 spiro atoms. The summed E-state index contributed by atoms with van der Waals surface area (Å²) in [6.45, 7) is 4.90. The van der Waals surface area contributed by atoms with Gasteiger partial charge in [0.25, 0.3) is 0 Å². The summed E-state index contributed by atoms with van der Waals surface area (Å²) >= 11 is 0. The number of ether oxygens (including phenoxy) is 1. The van der Waals surface area contributed by atoms with Crippen LogP contribution in [0.3, 0.4) is 0 Å². The van der Waals surface area contributed by atoms with Crippen LogP contribution in [0.4, 0.5) is 0 Å². The van der Waals surface area contributed by atoms with E-state index in [-0.39, 0.29) is 18.5 Å². The monoisotopic (exact) mass is 916 g/mol. The summed E-state index contributed by atoms with van der Waals surface area (Å²) in [5.74, 6) is -0.0752. The summed E-state index contributed by atoms with van der Waals surface area (Å²) < 4.78 is 5.47. The number of hydrogen-bond donors (Lipinski definition) is 3. The smallest absolute Gasteiger partial charge is 0.305 e. The summed E-state index contributed by atoms with van der Waals surface area (Å²) in [7, 11) is 0. The molecule has 0 rings (SSSR count). The van der Waals surface area contributed by atoms with Gasteiger partial charge < -0.3 is 20.3 Å². The van der Waals surface area contributed by atoms with Crippen LogP contribution in [0.15, 0.2) is 24.3 Å². The van der Waals surface area contributed by atoms with Crippen molar-refractivity contribution in [1.29, 1.82) is 0 Å². The van der Waals surface area contributed by atoms with Crippen molar-refractivity contribution >= 4 is 11.9 Å². The Kier molecular flexibility index (Phi) is 53.5. The molecule has 1 amide bonds. The number of aliphatic hydroxyl groups excluding tert-OH is 2. The number of unbranched alkanes of at least 4 members (excludes halogenated alkanes) is 41. The van der Waals surface area contributed by atoms with Crippen LogP contribution in [0.2, 0.25) is 0 Å². The first-order valence-electron chi connectivity index (χ1n) is 29.1. The zero-order chi connectivity index (χ0) is 47.2. The van der Waals surface area contributed by atoms with Crippen molar-refractivity contribution in [3.05, 3.63) is 24.3 Å². The highest BCUT2D eigenvalue weighted by atomic mass is 16.5. The van der Waals surface area contributed by atoms with Gasteiger partial charge in [-0.25, -0.2) is 0 Å². The van der Waals surface area contributed by atoms with Gasteiger partial charge in [-0.1, -0.05) is 269 Å². The first kappa shape index (κ1) is 63.3. The van der Waals surface area contributed by atoms with E-state index in [1.807, 2.05) is 6.08 Å². The molecule has 0 saturated carbocycles. The first-order valence-corrected chi connectivity index (χ1v) is 29.1. The van der Waals surface area contributed by atoms with Crippen molar-refractivity contribution < 1.29 is 24.5 Å². The average Bonchev–Trinajstić information content (AvgIpc) is 3.31. The minimum Gasteiger partial charge on any atom is -0.466 e. The average molecular weight is 917 g/mol. The Morgan fingerprint density at radius 1 is 0.415 bits per heavy atom. The van der Waals surface area contributed by atoms with Crippen LogP contribution in [-0.4, -0.2) is 47.4 Å². The van der Waals surface area contributed by atoms with Gasteiger partial charge in [-0.15, -0.1) is 0 Å². The lowest BCUT2D eigenvalue weighted by Gasteiger charge is -2.20. The summed E-state index contributed by atoms with van der Waals surface area (Å²) in [6, 6.07) is -0.632. The van der Waals surface area contributed by atoms with Crippen molar-refractivity contribution in [3.63, 3.8) is 0 Å². The Balaban J connectivity index is 3.44. The zero-order valence-corrected chi connectivity index (χ0v) is 43.7. The minimum atomic E-state index is -0.848. The van der Waals surface area contributed by atoms with Crippen LogP contribution in [0, 0.1) is 0 Å². The number of carbonyl (C=O) groups excluding carboxylic acids is 2. The molecule has 0 saturated heterocycles. The molecular formula is C59H113NO5. The number of esters is 1. The number of allylic oxidation sites excluding steroid dienone is 3. The molecular weight excluding hydrogens is 803 g/mol. The Labute approximate surface area is 405 Å². The zero-order valence-electron chi connectivity index (χ0n) is 43.7. The van der Waals surface area contributed by atoms with Crippen molar-refractivity contribution in [2.45, 2.75) is 328 Å². The topological polar surface area (TPSA) is 95.9 Å². The summed E-state index contributed by atoms with van der Waals surface area (Å²) in [5, 5.41) is 23.1. The van der Waals surface area contributed by atoms with Crippen LogP contribution in [0.5, 0.6) is 0 Å². The molecule has 0 heterocycles. The van der Waals surface area contributed by atoms with Crippen LogP contribution < -0.4 is 5.32 Å². The molecule has 0 bridgehead atoms. The molecule has 0 aromatic heterocycles. The van der Waals surface area contributed by atoms with Crippen molar-refractivity contribution in [2.24, 2.45) is 0 Å². The summed E-state index contributed by atoms with van der Waals surface area (Å²) in [4.78, 5) is 24.5. The predicted molar refractivity (Wildman–Crippen MR) is 283 cm³/mol. The number of rotatable bonds is 54. The molecule has 0 fully saturated rings. The van der Waals surface area contributed by atoms with Gasteiger partial charge in [0.05, 0.1) is 25.4 Å². The van der Waals surface area contributed by atoms with E-state index in [0.717, 1.165) is 44.9 Å². The van der Waals surface area contributed by atoms with E-state index in [0.29, 0.717) is 19.4 Å². The van der Waals surface area contributed by atoms with Crippen LogP contribution >= 0.6 is 0 Å². The molecule has 384 valence electrons. The number of carbonyl (C=O) groups is 2. The molecule has 0 aliphatic carbocycles. The highest BCUT2D eigenvalue weighted by Crippen LogP contribution is 2.17. The van der Waals surface area contributed by atoms with E-state index in [9.17, 15) is 19.8 Å². The standard InChI is InChI=1S/C59H113NO5/c1-3-5-7-9-11-13-15-17-19-24-27-31-35-39-43-47-51-57(62)56(55-61)60-58(63)52-48-44-40-36-32-28-25-21-20-22-26-30-34-38-42-46-50-54-65-59(64)53-49-45-41-37-33-29-23-18-16-14-12-10-8-6-4-2/h18,23,47,51,56-57,61-62H,3-17,19-22,24-46,48-50,52-55H2,1-2H3,(H,60,63)/b23-18-,51-47+. The Bertz CT molecular complexity index is 1010. The SMILES string of the molecule is CCCCCCCC/C=C\CCCCCCCC(=O)OCCCCCCCCCCCCCCCCCCCC(=O)NC(CO)C(O)/C=C/CCCCCCCCCCCCCCCC. The number of aliphatic hydroxyl groups is 2. The van der Waals surface area contributed by atoms with Gasteiger partial charge in [-0.05, 0) is 57.8 Å². The second-order valence-electron chi connectivity index (χ2n) is 20.0. The number of hydrogen-bond acceptors (Lipinski definition) is 5. The van der Waals surface area contributed by atoms with Gasteiger partial charge in [0.15, 0.2) is 0 Å². The molecule has 6 nitrogen and oxygen atoms in total. The fourth-order valence-corrected chi connectivity index (χ4v) is 8.98. The molecule has 0 aliphatic rings. The molecule has 0 aromatic rings. The molecule has 65 heavy (non-hydrogen) atoms. The lowest BCUT2D eigenvalue weighted by atomic mass is 10.0. The highest BCUT2D eigenvalue weighted by molar-refractivity contribution is 5.76. The third-order valence-corrected chi connectivity index (χ3v) is 13.5. The van der Waals surface area contributed by atoms with E-state index in [4.69, 9.17) is 4.74 Å². The Morgan fingerprint density at radius 2 is 0.723 bits per heavy atom. The first-order chi connectivity index (χ1) is 32.0. The summed E-state index contributed by atoms with van der Waals surface area (Å²) in [6.07, 6.45) is 66.2. The van der Waals surface area contributed by atoms with Crippen molar-refractivity contribution in [3.8, 4) is 0 Å². The fraction of sp³-hybridized carbons (Fsp3) is 0.898. The minimum absolute atomic E-state index is 0.00325. The van der Waals surface area contributed by atoms with Crippen LogP contribution in [-0.2, 0) is 14.3 Å². The lowest BCUT2D eigenvalue weighted by Crippen LogP contribution is -2.45. The second-order valence-corrected chi connectivity index (χ2v) is 20.0. The summed E-state index contributed by atoms with van der Waals surface area (Å²) in [5.41, 5.74) is 0. The molecule has 6 heteroatoms. The maximum absolute atomic E-state index is 12.5. The van der Waals surface area contributed by atoms with Gasteiger partial charge in [-0.3, -0.25) is 9.59 Å². The normalized spacial score (nSPS) is 12.7. The number of nitrogens with one attached hydrogen (secondary N) is 1. The van der Waals surface area contributed by atoms with E-state index in [2.05, 4.69) is 31.3 Å². The van der Waals surface area contributed by atoms with Crippen LogP contribution in [0.1, 0.15) is 316 Å². The van der Waals surface area contributed by atoms with E-state index >= 15 is 0 Å². The van der Waals surface area contributed by atoms with Gasteiger partial charge >= 0.3 is 5.97 Å². The molecule has 3 N–H and O–H groups in total. The molecule has 0 aliphatic heterocycles. The van der Waals surface area contributed by atoms with Gasteiger partial charge in [0.1, 0.15) is 0 Å². The maximum atomic E-state index is 12.5. The third kappa shape index (κ3) is 51.6. The van der Waals surface area contributed by atoms with Gasteiger partial charge in [-0.2, -0.15) is 0 Å². The quantitative estimate of drug-likeness (QED) is 0.0321. The Hall–Kier alpha value is -1.66. The van der Waals surface area contributed by atoms with Crippen molar-refractivity contribution in [2.75, 3.05) is 13.2 Å². The van der Waals surface area contributed by atoms with Crippen molar-refractivity contribution in [1.82, 2.24) is 5.32 Å². The maximum Gasteiger partial charge on any atom is 0.305 e. The predicted octanol–water partition coefficient (Wildman–Crippen LogP) is 17.9. The van der Waals surface area contributed by atoms with E-state index < -0.39 is 12.1 Å². The molecule has 2 unspecified atom stereocenters. The van der Waals surface area contributed by atoms with Gasteiger partial charge in [0.2, 0.25) is 5.91 Å². The highest BCUT2D eigenvalue weighted by Gasteiger charge is 2.18. The second kappa shape index (κ2) is 54.9. The molecule has 2 atom stereocenters.